The summed E-state index contributed by atoms with van der Waals surface area (Å²) in [6.07, 6.45) is 1.57. The molecule has 1 fully saturated rings. The smallest absolute Gasteiger partial charge is 0.129 e. The summed E-state index contributed by atoms with van der Waals surface area (Å²) in [7, 11) is -1.11. The highest BCUT2D eigenvalue weighted by atomic mass is 35.5. The minimum absolute atomic E-state index is 0.427. The second-order valence-electron chi connectivity index (χ2n) is 3.24. The van der Waals surface area contributed by atoms with E-state index < -0.39 is 11.0 Å². The van der Waals surface area contributed by atoms with Crippen molar-refractivity contribution in [1.82, 2.24) is 14.6 Å². The number of nitrogens with one attached hydrogen (secondary N) is 1. The van der Waals surface area contributed by atoms with Gasteiger partial charge in [-0.05, 0) is 12.1 Å². The van der Waals surface area contributed by atoms with Crippen molar-refractivity contribution in [3.05, 3.63) is 23.5 Å². The van der Waals surface area contributed by atoms with Crippen LogP contribution in [-0.4, -0.2) is 39.7 Å². The fraction of sp³-hybridized carbons (Fsp3) is 0.444. The van der Waals surface area contributed by atoms with E-state index in [9.17, 15) is 4.21 Å². The van der Waals surface area contributed by atoms with Crippen molar-refractivity contribution in [2.45, 2.75) is 4.90 Å². The average Bonchev–Trinajstić information content (AvgIpc) is 2.30. The lowest BCUT2D eigenvalue weighted by Gasteiger charge is -2.25. The monoisotopic (exact) mass is 245 g/mol. The molecule has 0 bridgehead atoms. The topological polar surface area (TPSA) is 45.2 Å². The van der Waals surface area contributed by atoms with Crippen molar-refractivity contribution < 1.29 is 4.21 Å². The molecule has 2 rings (SSSR count). The first kappa shape index (κ1) is 11.0. The Kier molecular flexibility index (Phi) is 3.69. The van der Waals surface area contributed by atoms with E-state index in [-0.39, 0.29) is 0 Å². The zero-order chi connectivity index (χ0) is 10.7. The number of pyridine rings is 1. The lowest BCUT2D eigenvalue weighted by Crippen LogP contribution is -2.44. The van der Waals surface area contributed by atoms with Gasteiger partial charge in [0.25, 0.3) is 0 Å². The Labute approximate surface area is 96.2 Å². The maximum atomic E-state index is 12.0. The van der Waals surface area contributed by atoms with E-state index in [1.165, 1.54) is 0 Å². The van der Waals surface area contributed by atoms with Gasteiger partial charge in [0.2, 0.25) is 0 Å². The predicted molar refractivity (Wildman–Crippen MR) is 60.1 cm³/mol. The molecule has 82 valence electrons. The summed E-state index contributed by atoms with van der Waals surface area (Å²) in [5.41, 5.74) is 0. The molecular weight excluding hydrogens is 234 g/mol. The van der Waals surface area contributed by atoms with Gasteiger partial charge in [0.15, 0.2) is 0 Å². The number of nitrogens with zero attached hydrogens (tertiary/aromatic N) is 2. The van der Waals surface area contributed by atoms with Gasteiger partial charge in [-0.3, -0.25) is 0 Å². The zero-order valence-corrected chi connectivity index (χ0v) is 9.72. The molecule has 1 aromatic heterocycles. The molecule has 1 saturated heterocycles. The van der Waals surface area contributed by atoms with E-state index in [1.54, 1.807) is 18.3 Å². The predicted octanol–water partition coefficient (Wildman–Crippen LogP) is 0.663. The van der Waals surface area contributed by atoms with E-state index in [1.807, 2.05) is 4.31 Å². The molecular formula is C9H12ClN3OS. The van der Waals surface area contributed by atoms with E-state index >= 15 is 0 Å². The fourth-order valence-corrected chi connectivity index (χ4v) is 2.68. The summed E-state index contributed by atoms with van der Waals surface area (Å²) in [6.45, 7) is 3.37. The highest BCUT2D eigenvalue weighted by Crippen LogP contribution is 2.12. The Morgan fingerprint density at radius 3 is 2.73 bits per heavy atom. The first-order valence-corrected chi connectivity index (χ1v) is 6.25. The van der Waals surface area contributed by atoms with Crippen LogP contribution in [0.3, 0.4) is 0 Å². The molecule has 0 aliphatic carbocycles. The van der Waals surface area contributed by atoms with Crippen LogP contribution in [0, 0.1) is 0 Å². The standard InChI is InChI=1S/C9H12ClN3OS/c10-9-2-1-8(7-12-9)15(14)13-5-3-11-4-6-13/h1-2,7,11H,3-6H2. The summed E-state index contributed by atoms with van der Waals surface area (Å²) in [6, 6.07) is 3.42. The normalized spacial score (nSPS) is 20.1. The molecule has 15 heavy (non-hydrogen) atoms. The second-order valence-corrected chi connectivity index (χ2v) is 5.12. The molecule has 0 amide bonds. The van der Waals surface area contributed by atoms with Crippen LogP contribution in [0.4, 0.5) is 0 Å². The van der Waals surface area contributed by atoms with E-state index in [2.05, 4.69) is 10.3 Å². The molecule has 0 radical (unpaired) electrons. The maximum absolute atomic E-state index is 12.0. The first-order valence-electron chi connectivity index (χ1n) is 4.76. The van der Waals surface area contributed by atoms with Gasteiger partial charge in [-0.1, -0.05) is 11.6 Å². The Morgan fingerprint density at radius 1 is 1.40 bits per heavy atom. The quantitative estimate of drug-likeness (QED) is 0.779. The second kappa shape index (κ2) is 5.03. The molecule has 2 heterocycles. The first-order chi connectivity index (χ1) is 7.27. The van der Waals surface area contributed by atoms with Gasteiger partial charge < -0.3 is 5.32 Å². The van der Waals surface area contributed by atoms with Crippen LogP contribution in [-0.2, 0) is 11.0 Å². The highest BCUT2D eigenvalue weighted by Gasteiger charge is 2.17. The van der Waals surface area contributed by atoms with Gasteiger partial charge >= 0.3 is 0 Å². The molecule has 0 spiro atoms. The molecule has 1 aliphatic rings. The summed E-state index contributed by atoms with van der Waals surface area (Å²) >= 11 is 5.67. The number of piperazine rings is 1. The van der Waals surface area contributed by atoms with Crippen LogP contribution in [0.25, 0.3) is 0 Å². The minimum Gasteiger partial charge on any atom is -0.314 e. The Bertz CT molecular complexity index is 351. The van der Waals surface area contributed by atoms with Gasteiger partial charge in [-0.2, -0.15) is 0 Å². The van der Waals surface area contributed by atoms with Crippen LogP contribution in [0.15, 0.2) is 23.2 Å². The van der Waals surface area contributed by atoms with E-state index in [0.717, 1.165) is 26.2 Å². The van der Waals surface area contributed by atoms with Crippen molar-refractivity contribution >= 4 is 22.6 Å². The summed E-state index contributed by atoms with van der Waals surface area (Å²) in [4.78, 5) is 4.63. The highest BCUT2D eigenvalue weighted by molar-refractivity contribution is 7.82. The van der Waals surface area contributed by atoms with Crippen LogP contribution in [0.2, 0.25) is 5.15 Å². The molecule has 6 heteroatoms. The fourth-order valence-electron chi connectivity index (χ4n) is 1.42. The van der Waals surface area contributed by atoms with Gasteiger partial charge in [0, 0.05) is 32.4 Å². The van der Waals surface area contributed by atoms with Crippen molar-refractivity contribution in [1.29, 1.82) is 0 Å². The number of halogens is 1. The van der Waals surface area contributed by atoms with Gasteiger partial charge in [0.05, 0.1) is 4.90 Å². The number of hydrogen-bond acceptors (Lipinski definition) is 3. The molecule has 4 nitrogen and oxygen atoms in total. The molecule has 0 saturated carbocycles. The summed E-state index contributed by atoms with van der Waals surface area (Å²) in [5, 5.41) is 3.64. The lowest BCUT2D eigenvalue weighted by atomic mass is 10.4. The molecule has 1 atom stereocenters. The van der Waals surface area contributed by atoms with Crippen molar-refractivity contribution in [2.24, 2.45) is 0 Å². The van der Waals surface area contributed by atoms with Crippen LogP contribution in [0.1, 0.15) is 0 Å². The lowest BCUT2D eigenvalue weighted by molar-refractivity contribution is 0.380. The Morgan fingerprint density at radius 2 is 2.13 bits per heavy atom. The third-order valence-electron chi connectivity index (χ3n) is 2.21. The van der Waals surface area contributed by atoms with E-state index in [4.69, 9.17) is 11.6 Å². The van der Waals surface area contributed by atoms with E-state index in [0.29, 0.717) is 10.0 Å². The maximum Gasteiger partial charge on any atom is 0.129 e. The van der Waals surface area contributed by atoms with Gasteiger partial charge in [-0.15, -0.1) is 0 Å². The minimum atomic E-state index is -1.11. The molecule has 1 aromatic rings. The van der Waals surface area contributed by atoms with Crippen LogP contribution >= 0.6 is 11.6 Å². The average molecular weight is 246 g/mol. The van der Waals surface area contributed by atoms with Crippen LogP contribution < -0.4 is 5.32 Å². The Balaban J connectivity index is 2.09. The molecule has 1 aliphatic heterocycles. The van der Waals surface area contributed by atoms with Crippen molar-refractivity contribution in [2.75, 3.05) is 26.2 Å². The third-order valence-corrected chi connectivity index (χ3v) is 3.91. The number of aromatic nitrogens is 1. The van der Waals surface area contributed by atoms with Crippen LogP contribution in [0.5, 0.6) is 0 Å². The number of rotatable bonds is 2. The molecule has 1 unspecified atom stereocenters. The summed E-state index contributed by atoms with van der Waals surface area (Å²) < 4.78 is 14.0. The zero-order valence-electron chi connectivity index (χ0n) is 8.15. The Hall–Kier alpha value is -0.490. The van der Waals surface area contributed by atoms with Crippen molar-refractivity contribution in [3.63, 3.8) is 0 Å². The summed E-state index contributed by atoms with van der Waals surface area (Å²) in [5.74, 6) is 0. The van der Waals surface area contributed by atoms with Gasteiger partial charge in [-0.25, -0.2) is 13.5 Å². The van der Waals surface area contributed by atoms with Crippen molar-refractivity contribution in [3.8, 4) is 0 Å². The third kappa shape index (κ3) is 2.75. The SMILES string of the molecule is O=S(c1ccc(Cl)nc1)N1CCNCC1. The van der Waals surface area contributed by atoms with Gasteiger partial charge in [0.1, 0.15) is 16.1 Å². The molecule has 0 aromatic carbocycles. The molecule has 1 N–H and O–H groups in total. The largest absolute Gasteiger partial charge is 0.314 e. The number of hydrogen-bond donors (Lipinski definition) is 1.